The molecule has 6 heteroatoms. The molecule has 2 atom stereocenters. The number of amides is 1. The van der Waals surface area contributed by atoms with Crippen LogP contribution in [0.3, 0.4) is 0 Å². The van der Waals surface area contributed by atoms with Crippen LogP contribution < -0.4 is 10.6 Å². The number of nitrogens with one attached hydrogen (secondary N) is 2. The van der Waals surface area contributed by atoms with Crippen molar-refractivity contribution >= 4 is 17.2 Å². The molecule has 0 fully saturated rings. The third-order valence-corrected chi connectivity index (χ3v) is 4.34. The molecule has 0 saturated heterocycles. The molecule has 2 aromatic heterocycles. The lowest BCUT2D eigenvalue weighted by Crippen LogP contribution is -2.47. The lowest BCUT2D eigenvalue weighted by Gasteiger charge is -2.19. The number of hydrogen-bond acceptors (Lipinski definition) is 4. The fourth-order valence-corrected chi connectivity index (χ4v) is 3.03. The van der Waals surface area contributed by atoms with E-state index in [1.54, 1.807) is 11.3 Å². The summed E-state index contributed by atoms with van der Waals surface area (Å²) in [5, 5.41) is 12.6. The van der Waals surface area contributed by atoms with Crippen LogP contribution in [0.2, 0.25) is 0 Å². The van der Waals surface area contributed by atoms with Crippen LogP contribution in [0.15, 0.2) is 29.9 Å². The topological polar surface area (TPSA) is 59.0 Å². The smallest absolute Gasteiger partial charge is 0.236 e. The molecule has 0 spiro atoms. The van der Waals surface area contributed by atoms with Gasteiger partial charge in [-0.2, -0.15) is 5.10 Å². The summed E-state index contributed by atoms with van der Waals surface area (Å²) in [6, 6.07) is 4.09. The van der Waals surface area contributed by atoms with Gasteiger partial charge in [0.25, 0.3) is 0 Å². The van der Waals surface area contributed by atoms with E-state index in [2.05, 4.69) is 34.1 Å². The highest BCUT2D eigenvalue weighted by atomic mass is 32.1. The highest BCUT2D eigenvalue weighted by Crippen LogP contribution is 2.08. The molecule has 120 valence electrons. The Morgan fingerprint density at radius 1 is 1.45 bits per heavy atom. The number of thiophene rings is 1. The van der Waals surface area contributed by atoms with Crippen LogP contribution in [-0.2, 0) is 17.8 Å². The first kappa shape index (κ1) is 16.7. The van der Waals surface area contributed by atoms with Gasteiger partial charge >= 0.3 is 0 Å². The fourth-order valence-electron chi connectivity index (χ4n) is 2.32. The molecular weight excluding hydrogens is 296 g/mol. The van der Waals surface area contributed by atoms with E-state index in [0.29, 0.717) is 6.54 Å². The Kier molecular flexibility index (Phi) is 6.15. The predicted molar refractivity (Wildman–Crippen MR) is 90.1 cm³/mol. The van der Waals surface area contributed by atoms with E-state index < -0.39 is 0 Å². The molecule has 0 saturated carbocycles. The second kappa shape index (κ2) is 8.10. The second-order valence-electron chi connectivity index (χ2n) is 5.65. The van der Waals surface area contributed by atoms with Gasteiger partial charge in [-0.3, -0.25) is 9.48 Å². The summed E-state index contributed by atoms with van der Waals surface area (Å²) in [6.45, 7) is 7.40. The summed E-state index contributed by atoms with van der Waals surface area (Å²) < 4.78 is 1.90. The zero-order valence-corrected chi connectivity index (χ0v) is 14.2. The van der Waals surface area contributed by atoms with Crippen molar-refractivity contribution in [3.05, 3.63) is 40.3 Å². The van der Waals surface area contributed by atoms with E-state index in [4.69, 9.17) is 0 Å². The number of rotatable bonds is 8. The molecule has 2 rings (SSSR count). The molecule has 2 aromatic rings. The van der Waals surface area contributed by atoms with Crippen LogP contribution in [0.25, 0.3) is 0 Å². The highest BCUT2D eigenvalue weighted by molar-refractivity contribution is 7.09. The van der Waals surface area contributed by atoms with Gasteiger partial charge in [-0.05, 0) is 44.2 Å². The van der Waals surface area contributed by atoms with Gasteiger partial charge < -0.3 is 10.6 Å². The molecule has 0 radical (unpaired) electrons. The molecule has 5 nitrogen and oxygen atoms in total. The van der Waals surface area contributed by atoms with E-state index >= 15 is 0 Å². The average molecular weight is 320 g/mol. The van der Waals surface area contributed by atoms with Crippen molar-refractivity contribution in [2.45, 2.75) is 45.8 Å². The van der Waals surface area contributed by atoms with Crippen molar-refractivity contribution in [2.75, 3.05) is 6.54 Å². The summed E-state index contributed by atoms with van der Waals surface area (Å²) in [5.41, 5.74) is 1.14. The average Bonchev–Trinajstić information content (AvgIpc) is 3.10. The Morgan fingerprint density at radius 2 is 2.27 bits per heavy atom. The fraction of sp³-hybridized carbons (Fsp3) is 0.500. The molecular formula is C16H24N4OS. The zero-order valence-electron chi connectivity index (χ0n) is 13.4. The molecule has 1 amide bonds. The van der Waals surface area contributed by atoms with Crippen molar-refractivity contribution in [1.82, 2.24) is 20.4 Å². The van der Waals surface area contributed by atoms with E-state index in [1.165, 1.54) is 4.88 Å². The van der Waals surface area contributed by atoms with Gasteiger partial charge in [0, 0.05) is 23.7 Å². The first-order valence-corrected chi connectivity index (χ1v) is 8.48. The maximum atomic E-state index is 12.1. The van der Waals surface area contributed by atoms with Crippen LogP contribution >= 0.6 is 11.3 Å². The van der Waals surface area contributed by atoms with Crippen LogP contribution in [0, 0.1) is 6.92 Å². The molecule has 0 aromatic carbocycles. The van der Waals surface area contributed by atoms with Crippen molar-refractivity contribution in [1.29, 1.82) is 0 Å². The number of carbonyl (C=O) groups excluding carboxylic acids is 1. The normalized spacial score (nSPS) is 13.8. The van der Waals surface area contributed by atoms with Crippen molar-refractivity contribution in [2.24, 2.45) is 0 Å². The van der Waals surface area contributed by atoms with Crippen molar-refractivity contribution in [3.8, 4) is 0 Å². The summed E-state index contributed by atoms with van der Waals surface area (Å²) in [5.74, 6) is 0.0417. The Labute approximate surface area is 135 Å². The summed E-state index contributed by atoms with van der Waals surface area (Å²) in [4.78, 5) is 13.4. The van der Waals surface area contributed by atoms with E-state index in [1.807, 2.05) is 37.0 Å². The van der Waals surface area contributed by atoms with Gasteiger partial charge in [-0.1, -0.05) is 6.07 Å². The second-order valence-corrected chi connectivity index (χ2v) is 6.68. The predicted octanol–water partition coefficient (Wildman–Crippen LogP) is 1.98. The quantitative estimate of drug-likeness (QED) is 0.782. The van der Waals surface area contributed by atoms with E-state index in [9.17, 15) is 4.79 Å². The summed E-state index contributed by atoms with van der Waals surface area (Å²) in [7, 11) is 0. The zero-order chi connectivity index (χ0) is 15.9. The molecule has 0 bridgehead atoms. The molecule has 22 heavy (non-hydrogen) atoms. The van der Waals surface area contributed by atoms with Crippen LogP contribution in [0.5, 0.6) is 0 Å². The largest absolute Gasteiger partial charge is 0.354 e. The third kappa shape index (κ3) is 5.27. The summed E-state index contributed by atoms with van der Waals surface area (Å²) in [6.07, 6.45) is 4.73. The first-order valence-electron chi connectivity index (χ1n) is 7.60. The molecule has 2 unspecified atom stereocenters. The van der Waals surface area contributed by atoms with Crippen molar-refractivity contribution < 1.29 is 4.79 Å². The number of aryl methyl sites for hydroxylation is 1. The molecule has 2 N–H and O–H groups in total. The maximum Gasteiger partial charge on any atom is 0.236 e. The minimum absolute atomic E-state index is 0.0417. The lowest BCUT2D eigenvalue weighted by atomic mass is 10.2. The Bertz CT molecular complexity index is 579. The van der Waals surface area contributed by atoms with E-state index in [-0.39, 0.29) is 18.0 Å². The SMILES string of the molecule is Cc1cnn(CC(C)NC(C)C(=O)NCCc2cccs2)c1. The maximum absolute atomic E-state index is 12.1. The number of carbonyl (C=O) groups is 1. The molecule has 0 aliphatic heterocycles. The Hall–Kier alpha value is -1.66. The monoisotopic (exact) mass is 320 g/mol. The lowest BCUT2D eigenvalue weighted by molar-refractivity contribution is -0.122. The number of hydrogen-bond donors (Lipinski definition) is 2. The molecule has 2 heterocycles. The summed E-state index contributed by atoms with van der Waals surface area (Å²) >= 11 is 1.72. The minimum atomic E-state index is -0.213. The Balaban J connectivity index is 1.68. The van der Waals surface area contributed by atoms with Gasteiger partial charge in [0.05, 0.1) is 18.8 Å². The van der Waals surface area contributed by atoms with Crippen LogP contribution in [0.1, 0.15) is 24.3 Å². The standard InChI is InChI=1S/C16H24N4OS/c1-12-9-18-20(10-12)11-13(2)19-14(3)16(21)17-7-6-15-5-4-8-22-15/h4-5,8-10,13-14,19H,6-7,11H2,1-3H3,(H,17,21). The van der Waals surface area contributed by atoms with Gasteiger partial charge in [0.15, 0.2) is 0 Å². The van der Waals surface area contributed by atoms with E-state index in [0.717, 1.165) is 18.5 Å². The molecule has 0 aliphatic rings. The van der Waals surface area contributed by atoms with Crippen LogP contribution in [0.4, 0.5) is 0 Å². The highest BCUT2D eigenvalue weighted by Gasteiger charge is 2.15. The van der Waals surface area contributed by atoms with Crippen LogP contribution in [-0.4, -0.2) is 34.3 Å². The van der Waals surface area contributed by atoms with Gasteiger partial charge in [0.2, 0.25) is 5.91 Å². The van der Waals surface area contributed by atoms with Gasteiger partial charge in [-0.15, -0.1) is 11.3 Å². The minimum Gasteiger partial charge on any atom is -0.354 e. The Morgan fingerprint density at radius 3 is 2.91 bits per heavy atom. The van der Waals surface area contributed by atoms with Gasteiger partial charge in [-0.25, -0.2) is 0 Å². The first-order chi connectivity index (χ1) is 10.5. The third-order valence-electron chi connectivity index (χ3n) is 3.40. The van der Waals surface area contributed by atoms with Crippen molar-refractivity contribution in [3.63, 3.8) is 0 Å². The number of aromatic nitrogens is 2. The molecule has 0 aliphatic carbocycles. The number of nitrogens with zero attached hydrogens (tertiary/aromatic N) is 2. The van der Waals surface area contributed by atoms with Gasteiger partial charge in [0.1, 0.15) is 0 Å².